The summed E-state index contributed by atoms with van der Waals surface area (Å²) < 4.78 is 4.89. The fourth-order valence-corrected chi connectivity index (χ4v) is 9.50. The first-order valence-corrected chi connectivity index (χ1v) is 22.0. The van der Waals surface area contributed by atoms with E-state index in [-0.39, 0.29) is 0 Å². The third kappa shape index (κ3) is 6.87. The Balaban J connectivity index is 1.07. The van der Waals surface area contributed by atoms with E-state index < -0.39 is 0 Å². The SMILES string of the molecule is C/C=C(\C=C/CC)c1cc(-c2ccccc2)cc(-n2c3ccccc3c3cc(-c4ccc5c(c4)c4ccccc4n5-c4cc(-c5ccccc5)cc(-c5ccccc5)c4)ccc32)c1. The molecule has 0 N–H and O–H groups in total. The van der Waals surface area contributed by atoms with Gasteiger partial charge in [-0.05, 0) is 142 Å². The van der Waals surface area contributed by atoms with E-state index in [1.54, 1.807) is 0 Å². The molecule has 0 aliphatic carbocycles. The molecule has 9 aromatic carbocycles. The van der Waals surface area contributed by atoms with Gasteiger partial charge in [0.25, 0.3) is 0 Å². The Morgan fingerprint density at radius 3 is 1.24 bits per heavy atom. The van der Waals surface area contributed by atoms with Crippen LogP contribution in [0.1, 0.15) is 25.8 Å². The number of allylic oxidation sites excluding steroid dienone is 4. The van der Waals surface area contributed by atoms with Crippen LogP contribution in [0.15, 0.2) is 231 Å². The van der Waals surface area contributed by atoms with Crippen LogP contribution in [-0.4, -0.2) is 9.13 Å². The number of hydrogen-bond donors (Lipinski definition) is 0. The van der Waals surface area contributed by atoms with Crippen LogP contribution in [-0.2, 0) is 0 Å². The number of rotatable bonds is 9. The first kappa shape index (κ1) is 38.0. The summed E-state index contributed by atoms with van der Waals surface area (Å²) in [7, 11) is 0. The van der Waals surface area contributed by atoms with Crippen LogP contribution in [0.25, 0.3) is 105 Å². The summed E-state index contributed by atoms with van der Waals surface area (Å²) in [4.78, 5) is 0. The largest absolute Gasteiger partial charge is 0.309 e. The number of nitrogens with zero attached hydrogens (tertiary/aromatic N) is 2. The van der Waals surface area contributed by atoms with Crippen molar-refractivity contribution in [2.75, 3.05) is 0 Å². The van der Waals surface area contributed by atoms with Crippen LogP contribution in [0.3, 0.4) is 0 Å². The van der Waals surface area contributed by atoms with Crippen molar-refractivity contribution < 1.29 is 0 Å². The molecule has 2 nitrogen and oxygen atoms in total. The third-order valence-corrected chi connectivity index (χ3v) is 12.5. The van der Waals surface area contributed by atoms with Gasteiger partial charge >= 0.3 is 0 Å². The van der Waals surface area contributed by atoms with Crippen molar-refractivity contribution in [2.45, 2.75) is 20.3 Å². The zero-order valence-electron chi connectivity index (χ0n) is 35.5. The summed E-state index contributed by atoms with van der Waals surface area (Å²) >= 11 is 0. The zero-order valence-corrected chi connectivity index (χ0v) is 35.5. The molecule has 2 aromatic heterocycles. The maximum atomic E-state index is 2.45. The zero-order chi connectivity index (χ0) is 42.3. The molecule has 0 saturated heterocycles. The second kappa shape index (κ2) is 16.2. The molecule has 0 aliphatic heterocycles. The van der Waals surface area contributed by atoms with Crippen LogP contribution >= 0.6 is 0 Å². The maximum absolute atomic E-state index is 2.45. The van der Waals surface area contributed by atoms with Gasteiger partial charge in [-0.15, -0.1) is 0 Å². The summed E-state index contributed by atoms with van der Waals surface area (Å²) in [6, 6.07) is 77.9. The Kier molecular flexibility index (Phi) is 9.75. The number of fused-ring (bicyclic) bond motifs is 6. The summed E-state index contributed by atoms with van der Waals surface area (Å²) in [5.41, 5.74) is 19.1. The van der Waals surface area contributed by atoms with Gasteiger partial charge in [0, 0.05) is 32.9 Å². The highest BCUT2D eigenvalue weighted by Gasteiger charge is 2.18. The van der Waals surface area contributed by atoms with Gasteiger partial charge in [-0.25, -0.2) is 0 Å². The lowest BCUT2D eigenvalue weighted by Gasteiger charge is -2.15. The van der Waals surface area contributed by atoms with E-state index in [0.717, 1.165) is 17.8 Å². The third-order valence-electron chi connectivity index (χ3n) is 12.5. The number of para-hydroxylation sites is 2. The molecule has 2 heteroatoms. The van der Waals surface area contributed by atoms with Crippen molar-refractivity contribution >= 4 is 49.2 Å². The molecular formula is C61H46N2. The Hall–Kier alpha value is -7.94. The van der Waals surface area contributed by atoms with Crippen LogP contribution in [0.5, 0.6) is 0 Å². The van der Waals surface area contributed by atoms with E-state index in [1.165, 1.54) is 99.3 Å². The second-order valence-electron chi connectivity index (χ2n) is 16.4. The monoisotopic (exact) mass is 806 g/mol. The molecule has 0 bridgehead atoms. The Morgan fingerprint density at radius 2 is 0.778 bits per heavy atom. The minimum absolute atomic E-state index is 0.991. The van der Waals surface area contributed by atoms with E-state index in [2.05, 4.69) is 254 Å². The molecule has 0 amide bonds. The molecule has 0 fully saturated rings. The van der Waals surface area contributed by atoms with Crippen molar-refractivity contribution in [3.63, 3.8) is 0 Å². The fraction of sp³-hybridized carbons (Fsp3) is 0.0492. The van der Waals surface area contributed by atoms with Gasteiger partial charge < -0.3 is 9.13 Å². The average molecular weight is 807 g/mol. The predicted molar refractivity (Wildman–Crippen MR) is 270 cm³/mol. The van der Waals surface area contributed by atoms with Crippen molar-refractivity contribution in [3.05, 3.63) is 236 Å². The fourth-order valence-electron chi connectivity index (χ4n) is 9.50. The van der Waals surface area contributed by atoms with Crippen LogP contribution < -0.4 is 0 Å². The van der Waals surface area contributed by atoms with E-state index >= 15 is 0 Å². The van der Waals surface area contributed by atoms with Gasteiger partial charge in [0.2, 0.25) is 0 Å². The van der Waals surface area contributed by atoms with Gasteiger partial charge in [-0.2, -0.15) is 0 Å². The molecule has 0 saturated carbocycles. The highest BCUT2D eigenvalue weighted by Crippen LogP contribution is 2.41. The highest BCUT2D eigenvalue weighted by molar-refractivity contribution is 6.13. The summed E-state index contributed by atoms with van der Waals surface area (Å²) in [5.74, 6) is 0. The smallest absolute Gasteiger partial charge is 0.0541 e. The first-order chi connectivity index (χ1) is 31.1. The van der Waals surface area contributed by atoms with Crippen molar-refractivity contribution in [3.8, 4) is 55.9 Å². The minimum Gasteiger partial charge on any atom is -0.309 e. The Morgan fingerprint density at radius 1 is 0.365 bits per heavy atom. The average Bonchev–Trinajstić information content (AvgIpc) is 3.87. The van der Waals surface area contributed by atoms with E-state index in [1.807, 2.05) is 0 Å². The van der Waals surface area contributed by atoms with Crippen LogP contribution in [0.4, 0.5) is 0 Å². The quantitative estimate of drug-likeness (QED) is 0.129. The first-order valence-electron chi connectivity index (χ1n) is 22.0. The minimum atomic E-state index is 0.991. The number of hydrogen-bond acceptors (Lipinski definition) is 0. The molecule has 0 atom stereocenters. The van der Waals surface area contributed by atoms with E-state index in [4.69, 9.17) is 0 Å². The normalized spacial score (nSPS) is 12.1. The predicted octanol–water partition coefficient (Wildman–Crippen LogP) is 16.9. The number of aromatic nitrogens is 2. The standard InChI is InChI=1S/C61H46N2/c1-3-5-19-42(4-2)48-34-49(43-20-9-6-10-21-43)37-52(36-48)62-58-28-17-15-26-54(58)56-40-46(30-32-60(56)62)47-31-33-61-57(41-47)55-27-16-18-29-59(55)63(61)53-38-50(44-22-11-7-12-23-44)35-51(39-53)45-24-13-8-14-25-45/h4-41H,3H2,1-2H3/b19-5-,42-4+. The van der Waals surface area contributed by atoms with Gasteiger partial charge in [0.05, 0.1) is 22.1 Å². The van der Waals surface area contributed by atoms with E-state index in [0.29, 0.717) is 0 Å². The molecule has 0 spiro atoms. The molecule has 0 aliphatic rings. The van der Waals surface area contributed by atoms with Gasteiger partial charge in [0.1, 0.15) is 0 Å². The van der Waals surface area contributed by atoms with Crippen LogP contribution in [0.2, 0.25) is 0 Å². The van der Waals surface area contributed by atoms with Crippen molar-refractivity contribution in [1.82, 2.24) is 9.13 Å². The second-order valence-corrected chi connectivity index (χ2v) is 16.4. The molecular weight excluding hydrogens is 761 g/mol. The topological polar surface area (TPSA) is 9.86 Å². The Labute approximate surface area is 369 Å². The highest BCUT2D eigenvalue weighted by atomic mass is 15.0. The summed E-state index contributed by atoms with van der Waals surface area (Å²) in [6.45, 7) is 4.32. The summed E-state index contributed by atoms with van der Waals surface area (Å²) in [6.07, 6.45) is 7.71. The molecule has 300 valence electrons. The summed E-state index contributed by atoms with van der Waals surface area (Å²) in [5, 5.41) is 4.95. The molecule has 0 unspecified atom stereocenters. The maximum Gasteiger partial charge on any atom is 0.0541 e. The van der Waals surface area contributed by atoms with Crippen molar-refractivity contribution in [1.29, 1.82) is 0 Å². The van der Waals surface area contributed by atoms with Crippen molar-refractivity contribution in [2.24, 2.45) is 0 Å². The Bertz CT molecular complexity index is 3470. The lowest BCUT2D eigenvalue weighted by atomic mass is 9.97. The molecule has 11 rings (SSSR count). The van der Waals surface area contributed by atoms with E-state index in [9.17, 15) is 0 Å². The van der Waals surface area contributed by atoms with Gasteiger partial charge in [0.15, 0.2) is 0 Å². The lowest BCUT2D eigenvalue weighted by molar-refractivity contribution is 1.18. The molecule has 0 radical (unpaired) electrons. The van der Waals surface area contributed by atoms with Gasteiger partial charge in [-0.3, -0.25) is 0 Å². The van der Waals surface area contributed by atoms with Gasteiger partial charge in [-0.1, -0.05) is 165 Å². The van der Waals surface area contributed by atoms with Crippen LogP contribution in [0, 0.1) is 0 Å². The molecule has 63 heavy (non-hydrogen) atoms. The lowest BCUT2D eigenvalue weighted by Crippen LogP contribution is -1.97. The number of benzene rings is 9. The molecule has 11 aromatic rings. The molecule has 2 heterocycles.